The summed E-state index contributed by atoms with van der Waals surface area (Å²) >= 11 is 1.59. The second kappa shape index (κ2) is 12.3. The fraction of sp³-hybridized carbons (Fsp3) is 0.300. The van der Waals surface area contributed by atoms with Crippen molar-refractivity contribution in [2.75, 3.05) is 13.1 Å². The molecule has 1 N–H and O–H groups in total. The van der Waals surface area contributed by atoms with Gasteiger partial charge in [-0.15, -0.1) is 0 Å². The topological polar surface area (TPSA) is 100 Å². The zero-order valence-electron chi connectivity index (χ0n) is 22.6. The van der Waals surface area contributed by atoms with Crippen LogP contribution in [-0.4, -0.2) is 47.3 Å². The number of aromatic amines is 1. The number of sulfonamides is 1. The number of imidazole rings is 1. The Balaban J connectivity index is 1.43. The summed E-state index contributed by atoms with van der Waals surface area (Å²) in [6, 6.07) is 19.9. The van der Waals surface area contributed by atoms with Gasteiger partial charge < -0.3 is 4.98 Å². The van der Waals surface area contributed by atoms with Crippen LogP contribution in [0.1, 0.15) is 59.5 Å². The zero-order valence-corrected chi connectivity index (χ0v) is 24.2. The molecule has 1 unspecified atom stereocenters. The van der Waals surface area contributed by atoms with E-state index in [1.807, 2.05) is 49.4 Å². The maximum absolute atomic E-state index is 13.2. The number of thioether (sulfide) groups is 1. The number of Topliss-reactive ketones (excluding diaryl/α,β-unsaturated/α-hetero) is 2. The van der Waals surface area contributed by atoms with Gasteiger partial charge in [0.2, 0.25) is 10.0 Å². The molecule has 1 aromatic heterocycles. The number of fused-ring (bicyclic) bond motifs is 1. The van der Waals surface area contributed by atoms with Crippen molar-refractivity contribution in [3.05, 3.63) is 89.0 Å². The van der Waals surface area contributed by atoms with Crippen LogP contribution >= 0.6 is 11.8 Å². The van der Waals surface area contributed by atoms with Crippen LogP contribution in [-0.2, 0) is 22.2 Å². The number of nitrogens with one attached hydrogen (secondary N) is 1. The summed E-state index contributed by atoms with van der Waals surface area (Å²) in [6.07, 6.45) is 0.520. The molecule has 0 aliphatic carbocycles. The minimum absolute atomic E-state index is 0.0510. The lowest BCUT2D eigenvalue weighted by Crippen LogP contribution is -2.30. The Morgan fingerprint density at radius 1 is 0.949 bits per heavy atom. The Bertz CT molecular complexity index is 1590. The van der Waals surface area contributed by atoms with Gasteiger partial charge in [-0.3, -0.25) is 9.59 Å². The van der Waals surface area contributed by atoms with Crippen LogP contribution in [0, 0.1) is 5.92 Å². The maximum Gasteiger partial charge on any atom is 0.243 e. The fourth-order valence-electron chi connectivity index (χ4n) is 4.47. The van der Waals surface area contributed by atoms with Crippen molar-refractivity contribution in [1.29, 1.82) is 0 Å². The van der Waals surface area contributed by atoms with E-state index in [0.717, 1.165) is 33.1 Å². The van der Waals surface area contributed by atoms with Gasteiger partial charge in [0.1, 0.15) is 0 Å². The van der Waals surface area contributed by atoms with Gasteiger partial charge in [-0.05, 0) is 48.7 Å². The van der Waals surface area contributed by atoms with Crippen LogP contribution in [0.5, 0.6) is 0 Å². The SMILES string of the molecule is CCN(CC)S(=O)(=O)c1cccc(C(=O)C(C)Cc2ccc3nc(SCc4ccc(C(C)=O)cc4)[nH]c3c2)c1. The van der Waals surface area contributed by atoms with Crippen molar-refractivity contribution >= 4 is 44.4 Å². The average molecular weight is 564 g/mol. The molecule has 0 spiro atoms. The van der Waals surface area contributed by atoms with E-state index in [4.69, 9.17) is 0 Å². The number of benzene rings is 3. The van der Waals surface area contributed by atoms with E-state index >= 15 is 0 Å². The van der Waals surface area contributed by atoms with E-state index in [0.29, 0.717) is 30.6 Å². The lowest BCUT2D eigenvalue weighted by Gasteiger charge is -2.19. The molecule has 0 amide bonds. The van der Waals surface area contributed by atoms with Crippen LogP contribution in [0.15, 0.2) is 76.8 Å². The number of carbonyl (C=O) groups is 2. The van der Waals surface area contributed by atoms with Gasteiger partial charge in [0, 0.05) is 35.9 Å². The number of rotatable bonds is 12. The predicted octanol–water partition coefficient (Wildman–Crippen LogP) is 6.15. The quantitative estimate of drug-likeness (QED) is 0.164. The van der Waals surface area contributed by atoms with E-state index in [1.54, 1.807) is 44.7 Å². The third kappa shape index (κ3) is 6.66. The standard InChI is InChI=1S/C30H33N3O4S2/c1-5-33(6-2)39(36,37)26-9-7-8-25(18-26)29(35)20(3)16-23-12-15-27-28(17-23)32-30(31-27)38-19-22-10-13-24(14-11-22)21(4)34/h7-15,17-18,20H,5-6,16,19H2,1-4H3,(H,31,32). The molecule has 39 heavy (non-hydrogen) atoms. The average Bonchev–Trinajstić information content (AvgIpc) is 3.34. The van der Waals surface area contributed by atoms with Gasteiger partial charge in [0.15, 0.2) is 16.7 Å². The molecule has 0 fully saturated rings. The number of hydrogen-bond acceptors (Lipinski definition) is 6. The molecule has 9 heteroatoms. The molecule has 1 heterocycles. The Morgan fingerprint density at radius 2 is 1.64 bits per heavy atom. The minimum atomic E-state index is -3.64. The first kappa shape index (κ1) is 28.7. The lowest BCUT2D eigenvalue weighted by atomic mass is 9.93. The van der Waals surface area contributed by atoms with Crippen molar-refractivity contribution in [2.45, 2.75) is 49.9 Å². The van der Waals surface area contributed by atoms with Crippen molar-refractivity contribution in [3.63, 3.8) is 0 Å². The van der Waals surface area contributed by atoms with Gasteiger partial charge in [-0.25, -0.2) is 13.4 Å². The van der Waals surface area contributed by atoms with E-state index in [9.17, 15) is 18.0 Å². The summed E-state index contributed by atoms with van der Waals surface area (Å²) in [6.45, 7) is 7.76. The Labute approximate surface area is 234 Å². The van der Waals surface area contributed by atoms with Crippen LogP contribution < -0.4 is 0 Å². The molecule has 4 rings (SSSR count). The van der Waals surface area contributed by atoms with Crippen molar-refractivity contribution in [3.8, 4) is 0 Å². The van der Waals surface area contributed by atoms with Crippen molar-refractivity contribution in [2.24, 2.45) is 5.92 Å². The molecule has 3 aromatic carbocycles. The van der Waals surface area contributed by atoms with E-state index in [2.05, 4.69) is 9.97 Å². The highest BCUT2D eigenvalue weighted by Crippen LogP contribution is 2.26. The van der Waals surface area contributed by atoms with Crippen molar-refractivity contribution < 1.29 is 18.0 Å². The summed E-state index contributed by atoms with van der Waals surface area (Å²) in [5.74, 6) is 0.349. The van der Waals surface area contributed by atoms with Crippen LogP contribution in [0.3, 0.4) is 0 Å². The van der Waals surface area contributed by atoms with E-state index in [1.165, 1.54) is 16.4 Å². The molecule has 1 atom stereocenters. The van der Waals surface area contributed by atoms with Gasteiger partial charge >= 0.3 is 0 Å². The zero-order chi connectivity index (χ0) is 28.2. The lowest BCUT2D eigenvalue weighted by molar-refractivity contribution is 0.0928. The molecular formula is C30H33N3O4S2. The number of nitrogens with zero attached hydrogens (tertiary/aromatic N) is 2. The largest absolute Gasteiger partial charge is 0.333 e. The summed E-state index contributed by atoms with van der Waals surface area (Å²) in [5.41, 5.74) is 4.94. The third-order valence-electron chi connectivity index (χ3n) is 6.71. The summed E-state index contributed by atoms with van der Waals surface area (Å²) in [7, 11) is -3.64. The van der Waals surface area contributed by atoms with Crippen LogP contribution in [0.2, 0.25) is 0 Å². The highest BCUT2D eigenvalue weighted by molar-refractivity contribution is 7.98. The molecule has 204 valence electrons. The second-order valence-corrected chi connectivity index (χ2v) is 12.4. The number of aromatic nitrogens is 2. The first-order valence-corrected chi connectivity index (χ1v) is 15.4. The Kier molecular flexibility index (Phi) is 9.04. The third-order valence-corrected chi connectivity index (χ3v) is 9.70. The molecule has 0 saturated heterocycles. The van der Waals surface area contributed by atoms with Crippen LogP contribution in [0.25, 0.3) is 11.0 Å². The number of ketones is 2. The molecule has 0 radical (unpaired) electrons. The molecule has 4 aromatic rings. The molecule has 0 aliphatic rings. The number of hydrogen-bond donors (Lipinski definition) is 1. The van der Waals surface area contributed by atoms with Gasteiger partial charge in [0.25, 0.3) is 0 Å². The van der Waals surface area contributed by atoms with Crippen molar-refractivity contribution in [1.82, 2.24) is 14.3 Å². The minimum Gasteiger partial charge on any atom is -0.333 e. The molecule has 0 saturated carbocycles. The number of H-pyrrole nitrogens is 1. The Hall–Kier alpha value is -3.27. The second-order valence-electron chi connectivity index (χ2n) is 9.52. The maximum atomic E-state index is 13.2. The normalized spacial score (nSPS) is 12.6. The van der Waals surface area contributed by atoms with E-state index < -0.39 is 10.0 Å². The highest BCUT2D eigenvalue weighted by atomic mass is 32.2. The fourth-order valence-corrected chi connectivity index (χ4v) is 6.81. The Morgan fingerprint density at radius 3 is 2.31 bits per heavy atom. The summed E-state index contributed by atoms with van der Waals surface area (Å²) < 4.78 is 27.2. The van der Waals surface area contributed by atoms with Gasteiger partial charge in [-0.1, -0.05) is 75.0 Å². The smallest absolute Gasteiger partial charge is 0.243 e. The van der Waals surface area contributed by atoms with Crippen LogP contribution in [0.4, 0.5) is 0 Å². The summed E-state index contributed by atoms with van der Waals surface area (Å²) in [5, 5.41) is 0.799. The molecule has 0 bridgehead atoms. The van der Waals surface area contributed by atoms with Gasteiger partial charge in [-0.2, -0.15) is 4.31 Å². The van der Waals surface area contributed by atoms with E-state index in [-0.39, 0.29) is 22.4 Å². The first-order valence-electron chi connectivity index (χ1n) is 13.0. The molecular weight excluding hydrogens is 530 g/mol. The molecule has 7 nitrogen and oxygen atoms in total. The molecule has 0 aliphatic heterocycles. The van der Waals surface area contributed by atoms with Gasteiger partial charge in [0.05, 0.1) is 15.9 Å². The number of carbonyl (C=O) groups excluding carboxylic acids is 2. The highest BCUT2D eigenvalue weighted by Gasteiger charge is 2.24. The first-order chi connectivity index (χ1) is 18.6. The monoisotopic (exact) mass is 563 g/mol. The predicted molar refractivity (Wildman–Crippen MR) is 156 cm³/mol. The summed E-state index contributed by atoms with van der Waals surface area (Å²) in [4.78, 5) is 32.9.